The number of carbonyl (C=O) groups is 2. The molecule has 1 aromatic heterocycles. The lowest BCUT2D eigenvalue weighted by Gasteiger charge is -2.29. The van der Waals surface area contributed by atoms with Crippen LogP contribution in [-0.2, 0) is 22.5 Å². The minimum atomic E-state index is -0.996. The predicted octanol–water partition coefficient (Wildman–Crippen LogP) is 4.84. The highest BCUT2D eigenvalue weighted by molar-refractivity contribution is 7.17. The Kier molecular flexibility index (Phi) is 7.00. The molecule has 178 valence electrons. The third kappa shape index (κ3) is 5.13. The SMILES string of the molecule is Cc1ccccc1-c1nc(C)c(C(=O)N2COc3ccc(CC(OC(C)C)C(=O)O)cc3C2)s1. The molecule has 1 N–H and O–H groups in total. The first-order valence-electron chi connectivity index (χ1n) is 11.2. The number of amides is 1. The number of thiazole rings is 1. The molecular weight excluding hydrogens is 452 g/mol. The second kappa shape index (κ2) is 9.95. The minimum absolute atomic E-state index is 0.127. The number of benzene rings is 2. The van der Waals surface area contributed by atoms with Crippen LogP contribution in [0.2, 0.25) is 0 Å². The van der Waals surface area contributed by atoms with Crippen LogP contribution >= 0.6 is 11.3 Å². The van der Waals surface area contributed by atoms with Crippen LogP contribution in [0.3, 0.4) is 0 Å². The van der Waals surface area contributed by atoms with Crippen LogP contribution in [0.1, 0.15) is 45.9 Å². The second-order valence-electron chi connectivity index (χ2n) is 8.68. The number of ether oxygens (including phenoxy) is 2. The summed E-state index contributed by atoms with van der Waals surface area (Å²) in [5.41, 5.74) is 4.49. The number of carboxylic acids is 1. The lowest BCUT2D eigenvalue weighted by Crippen LogP contribution is -2.37. The van der Waals surface area contributed by atoms with Gasteiger partial charge < -0.3 is 19.5 Å². The number of fused-ring (bicyclic) bond motifs is 1. The van der Waals surface area contributed by atoms with Gasteiger partial charge in [0.2, 0.25) is 0 Å². The molecular formula is C26H28N2O5S. The Balaban J connectivity index is 1.53. The van der Waals surface area contributed by atoms with E-state index in [2.05, 4.69) is 4.98 Å². The summed E-state index contributed by atoms with van der Waals surface area (Å²) in [5, 5.41) is 10.3. The van der Waals surface area contributed by atoms with E-state index < -0.39 is 12.1 Å². The van der Waals surface area contributed by atoms with Gasteiger partial charge >= 0.3 is 5.97 Å². The average molecular weight is 481 g/mol. The van der Waals surface area contributed by atoms with Crippen molar-refractivity contribution in [3.63, 3.8) is 0 Å². The molecule has 7 nitrogen and oxygen atoms in total. The van der Waals surface area contributed by atoms with Gasteiger partial charge in [0.25, 0.3) is 5.91 Å². The molecule has 2 aromatic carbocycles. The van der Waals surface area contributed by atoms with Crippen molar-refractivity contribution in [2.75, 3.05) is 6.73 Å². The number of nitrogens with zero attached hydrogens (tertiary/aromatic N) is 2. The summed E-state index contributed by atoms with van der Waals surface area (Å²) >= 11 is 1.39. The smallest absolute Gasteiger partial charge is 0.333 e. The van der Waals surface area contributed by atoms with Gasteiger partial charge in [-0.2, -0.15) is 0 Å². The number of carboxylic acid groups (broad SMARTS) is 1. The summed E-state index contributed by atoms with van der Waals surface area (Å²) in [5.74, 6) is -0.423. The molecule has 0 spiro atoms. The molecule has 1 amide bonds. The lowest BCUT2D eigenvalue weighted by molar-refractivity contribution is -0.153. The highest BCUT2D eigenvalue weighted by atomic mass is 32.1. The van der Waals surface area contributed by atoms with E-state index in [4.69, 9.17) is 9.47 Å². The Morgan fingerprint density at radius 1 is 1.21 bits per heavy atom. The Bertz CT molecular complexity index is 1220. The summed E-state index contributed by atoms with van der Waals surface area (Å²) in [6.07, 6.45) is -0.884. The van der Waals surface area contributed by atoms with E-state index in [-0.39, 0.29) is 25.2 Å². The number of carbonyl (C=O) groups excluding carboxylic acids is 1. The van der Waals surface area contributed by atoms with Crippen LogP contribution in [0.15, 0.2) is 42.5 Å². The fraction of sp³-hybridized carbons (Fsp3) is 0.346. The topological polar surface area (TPSA) is 89.0 Å². The van der Waals surface area contributed by atoms with E-state index in [1.807, 2.05) is 70.2 Å². The number of hydrogen-bond acceptors (Lipinski definition) is 6. The van der Waals surface area contributed by atoms with E-state index in [9.17, 15) is 14.7 Å². The molecule has 0 aliphatic carbocycles. The van der Waals surface area contributed by atoms with Gasteiger partial charge in [0.05, 0.1) is 18.3 Å². The third-order valence-corrected chi connectivity index (χ3v) is 6.83. The molecule has 1 unspecified atom stereocenters. The van der Waals surface area contributed by atoms with E-state index in [1.54, 1.807) is 4.90 Å². The first-order valence-corrected chi connectivity index (χ1v) is 12.0. The van der Waals surface area contributed by atoms with Gasteiger partial charge in [0.1, 0.15) is 15.6 Å². The van der Waals surface area contributed by atoms with Crippen molar-refractivity contribution < 1.29 is 24.2 Å². The summed E-state index contributed by atoms with van der Waals surface area (Å²) in [6, 6.07) is 13.6. The molecule has 1 atom stereocenters. The Labute approximate surface area is 203 Å². The molecule has 1 aliphatic rings. The summed E-state index contributed by atoms with van der Waals surface area (Å²) in [6.45, 7) is 8.03. The minimum Gasteiger partial charge on any atom is -0.479 e. The standard InChI is InChI=1S/C26H28N2O5S/c1-15(2)33-22(26(30)31)12-18-9-10-21-19(11-18)13-28(14-32-21)25(29)23-17(4)27-24(34-23)20-8-6-5-7-16(20)3/h5-11,15,22H,12-14H2,1-4H3,(H,30,31). The van der Waals surface area contributed by atoms with Gasteiger partial charge in [-0.25, -0.2) is 9.78 Å². The zero-order chi connectivity index (χ0) is 24.4. The largest absolute Gasteiger partial charge is 0.479 e. The monoisotopic (exact) mass is 480 g/mol. The highest BCUT2D eigenvalue weighted by Gasteiger charge is 2.27. The molecule has 4 rings (SSSR count). The normalized spacial score (nSPS) is 14.0. The van der Waals surface area contributed by atoms with Gasteiger partial charge in [0.15, 0.2) is 12.8 Å². The molecule has 0 bridgehead atoms. The molecule has 2 heterocycles. The molecule has 34 heavy (non-hydrogen) atoms. The maximum absolute atomic E-state index is 13.4. The number of aryl methyl sites for hydroxylation is 2. The van der Waals surface area contributed by atoms with Crippen molar-refractivity contribution in [1.29, 1.82) is 0 Å². The van der Waals surface area contributed by atoms with Gasteiger partial charge in [-0.1, -0.05) is 36.4 Å². The van der Waals surface area contributed by atoms with Crippen molar-refractivity contribution in [3.05, 3.63) is 69.7 Å². The van der Waals surface area contributed by atoms with Crippen LogP contribution in [0, 0.1) is 13.8 Å². The number of rotatable bonds is 7. The van der Waals surface area contributed by atoms with E-state index in [0.29, 0.717) is 22.9 Å². The summed E-state index contributed by atoms with van der Waals surface area (Å²) in [4.78, 5) is 31.8. The molecule has 0 saturated carbocycles. The maximum atomic E-state index is 13.4. The zero-order valence-corrected chi connectivity index (χ0v) is 20.5. The fourth-order valence-electron chi connectivity index (χ4n) is 3.96. The van der Waals surface area contributed by atoms with Gasteiger partial charge in [0, 0.05) is 17.5 Å². The Morgan fingerprint density at radius 3 is 2.68 bits per heavy atom. The quantitative estimate of drug-likeness (QED) is 0.521. The van der Waals surface area contributed by atoms with Crippen molar-refractivity contribution in [3.8, 4) is 16.3 Å². The molecule has 8 heteroatoms. The van der Waals surface area contributed by atoms with E-state index in [0.717, 1.165) is 27.3 Å². The third-order valence-electron chi connectivity index (χ3n) is 5.65. The van der Waals surface area contributed by atoms with Crippen LogP contribution in [-0.4, -0.2) is 45.8 Å². The first-order chi connectivity index (χ1) is 16.2. The number of aromatic nitrogens is 1. The fourth-order valence-corrected chi connectivity index (χ4v) is 5.08. The second-order valence-corrected chi connectivity index (χ2v) is 9.68. The van der Waals surface area contributed by atoms with E-state index >= 15 is 0 Å². The van der Waals surface area contributed by atoms with Crippen LogP contribution in [0.25, 0.3) is 10.6 Å². The Morgan fingerprint density at radius 2 is 1.97 bits per heavy atom. The molecule has 0 fully saturated rings. The number of hydrogen-bond donors (Lipinski definition) is 1. The van der Waals surface area contributed by atoms with E-state index in [1.165, 1.54) is 11.3 Å². The lowest BCUT2D eigenvalue weighted by atomic mass is 10.0. The van der Waals surface area contributed by atoms with Crippen molar-refractivity contribution in [1.82, 2.24) is 9.88 Å². The summed E-state index contributed by atoms with van der Waals surface area (Å²) < 4.78 is 11.4. The Hall–Kier alpha value is -3.23. The van der Waals surface area contributed by atoms with Crippen molar-refractivity contribution in [2.24, 2.45) is 0 Å². The zero-order valence-electron chi connectivity index (χ0n) is 19.7. The van der Waals surface area contributed by atoms with Crippen LogP contribution < -0.4 is 4.74 Å². The van der Waals surface area contributed by atoms with Gasteiger partial charge in [-0.05, 0) is 44.9 Å². The van der Waals surface area contributed by atoms with Crippen LogP contribution in [0.5, 0.6) is 5.75 Å². The predicted molar refractivity (Wildman–Crippen MR) is 130 cm³/mol. The molecule has 1 aliphatic heterocycles. The average Bonchev–Trinajstić information content (AvgIpc) is 3.18. The van der Waals surface area contributed by atoms with Gasteiger partial charge in [-0.15, -0.1) is 11.3 Å². The van der Waals surface area contributed by atoms with Gasteiger partial charge in [-0.3, -0.25) is 4.79 Å². The molecule has 0 radical (unpaired) electrons. The summed E-state index contributed by atoms with van der Waals surface area (Å²) in [7, 11) is 0. The number of aliphatic carboxylic acids is 1. The van der Waals surface area contributed by atoms with Crippen LogP contribution in [0.4, 0.5) is 0 Å². The van der Waals surface area contributed by atoms with Crippen molar-refractivity contribution in [2.45, 2.75) is 52.9 Å². The first kappa shape index (κ1) is 23.9. The molecule has 3 aromatic rings. The molecule has 0 saturated heterocycles. The van der Waals surface area contributed by atoms with Crippen molar-refractivity contribution >= 4 is 23.2 Å². The maximum Gasteiger partial charge on any atom is 0.333 e. The highest BCUT2D eigenvalue weighted by Crippen LogP contribution is 2.33.